The van der Waals surface area contributed by atoms with E-state index in [9.17, 15) is 5.11 Å². The van der Waals surface area contributed by atoms with Crippen LogP contribution in [0.3, 0.4) is 0 Å². The van der Waals surface area contributed by atoms with E-state index in [4.69, 9.17) is 11.6 Å². The molecular formula is C15H24ClN3O. The second-order valence-corrected chi connectivity index (χ2v) is 6.20. The molecule has 4 nitrogen and oxygen atoms in total. The molecule has 20 heavy (non-hydrogen) atoms. The van der Waals surface area contributed by atoms with Gasteiger partial charge in [-0.2, -0.15) is 0 Å². The maximum atomic E-state index is 9.71. The maximum absolute atomic E-state index is 9.71. The van der Waals surface area contributed by atoms with Crippen molar-refractivity contribution in [1.29, 1.82) is 0 Å². The number of nitrogens with zero attached hydrogens (tertiary/aromatic N) is 2. The van der Waals surface area contributed by atoms with Crippen LogP contribution in [0.1, 0.15) is 51.3 Å². The van der Waals surface area contributed by atoms with Crippen LogP contribution in [0, 0.1) is 5.41 Å². The van der Waals surface area contributed by atoms with Crippen molar-refractivity contribution in [2.24, 2.45) is 5.41 Å². The standard InChI is InChI=1S/C15H24ClN3O/c1-2-6-13-18-12(16)9-14(19-13)17-10-15(11-20)7-4-3-5-8-15/h9,20H,2-8,10-11H2,1H3,(H,17,18,19). The van der Waals surface area contributed by atoms with Gasteiger partial charge in [0.1, 0.15) is 16.8 Å². The molecule has 1 fully saturated rings. The van der Waals surface area contributed by atoms with E-state index in [2.05, 4.69) is 22.2 Å². The average molecular weight is 298 g/mol. The lowest BCUT2D eigenvalue weighted by Crippen LogP contribution is -2.35. The number of aryl methyl sites for hydroxylation is 1. The molecule has 0 spiro atoms. The number of anilines is 1. The first-order valence-corrected chi connectivity index (χ1v) is 7.93. The Bertz CT molecular complexity index is 433. The lowest BCUT2D eigenvalue weighted by Gasteiger charge is -2.35. The molecule has 1 aromatic heterocycles. The van der Waals surface area contributed by atoms with Crippen LogP contribution in [0.4, 0.5) is 5.82 Å². The highest BCUT2D eigenvalue weighted by atomic mass is 35.5. The van der Waals surface area contributed by atoms with Gasteiger partial charge in [-0.25, -0.2) is 9.97 Å². The molecule has 2 N–H and O–H groups in total. The topological polar surface area (TPSA) is 58.0 Å². The lowest BCUT2D eigenvalue weighted by molar-refractivity contribution is 0.0943. The van der Waals surface area contributed by atoms with Crippen LogP contribution < -0.4 is 5.32 Å². The van der Waals surface area contributed by atoms with Crippen molar-refractivity contribution >= 4 is 17.4 Å². The molecule has 1 aromatic rings. The van der Waals surface area contributed by atoms with Gasteiger partial charge >= 0.3 is 0 Å². The maximum Gasteiger partial charge on any atom is 0.134 e. The Morgan fingerprint density at radius 1 is 1.30 bits per heavy atom. The summed E-state index contributed by atoms with van der Waals surface area (Å²) < 4.78 is 0. The fraction of sp³-hybridized carbons (Fsp3) is 0.733. The minimum absolute atomic E-state index is 0.000591. The molecule has 0 aromatic carbocycles. The molecule has 0 radical (unpaired) electrons. The predicted octanol–water partition coefficient (Wildman–Crippen LogP) is 3.44. The Morgan fingerprint density at radius 3 is 2.70 bits per heavy atom. The summed E-state index contributed by atoms with van der Waals surface area (Å²) in [6, 6.07) is 1.76. The Labute approximate surface area is 126 Å². The second kappa shape index (κ2) is 7.23. The van der Waals surface area contributed by atoms with Crippen molar-refractivity contribution in [3.05, 3.63) is 17.0 Å². The Hall–Kier alpha value is -0.870. The molecule has 112 valence electrons. The number of aliphatic hydroxyl groups is 1. The van der Waals surface area contributed by atoms with Gasteiger partial charge in [-0.05, 0) is 19.3 Å². The number of aliphatic hydroxyl groups excluding tert-OH is 1. The van der Waals surface area contributed by atoms with Crippen molar-refractivity contribution in [3.63, 3.8) is 0 Å². The monoisotopic (exact) mass is 297 g/mol. The van der Waals surface area contributed by atoms with Gasteiger partial charge in [-0.15, -0.1) is 0 Å². The van der Waals surface area contributed by atoms with E-state index < -0.39 is 0 Å². The third-order valence-electron chi connectivity index (χ3n) is 4.11. The average Bonchev–Trinajstić information content (AvgIpc) is 2.46. The molecule has 0 aliphatic heterocycles. The van der Waals surface area contributed by atoms with Gasteiger partial charge in [0.15, 0.2) is 0 Å². The lowest BCUT2D eigenvalue weighted by atomic mass is 9.74. The fourth-order valence-corrected chi connectivity index (χ4v) is 3.06. The number of nitrogens with one attached hydrogen (secondary N) is 1. The minimum atomic E-state index is 0.000591. The number of rotatable bonds is 6. The molecule has 0 bridgehead atoms. The highest BCUT2D eigenvalue weighted by molar-refractivity contribution is 6.29. The van der Waals surface area contributed by atoms with E-state index in [0.29, 0.717) is 5.15 Å². The third-order valence-corrected chi connectivity index (χ3v) is 4.30. The van der Waals surface area contributed by atoms with E-state index >= 15 is 0 Å². The largest absolute Gasteiger partial charge is 0.396 e. The van der Waals surface area contributed by atoms with Crippen molar-refractivity contribution in [2.75, 3.05) is 18.5 Å². The van der Waals surface area contributed by atoms with Crippen molar-refractivity contribution in [3.8, 4) is 0 Å². The summed E-state index contributed by atoms with van der Waals surface area (Å²) in [6.07, 6.45) is 7.68. The van der Waals surface area contributed by atoms with E-state index in [1.165, 1.54) is 19.3 Å². The molecule has 0 saturated heterocycles. The summed E-state index contributed by atoms with van der Waals surface area (Å²) in [7, 11) is 0. The first kappa shape index (κ1) is 15.5. The van der Waals surface area contributed by atoms with Crippen LogP contribution in [-0.4, -0.2) is 28.2 Å². The smallest absolute Gasteiger partial charge is 0.134 e. The van der Waals surface area contributed by atoms with Crippen LogP contribution in [0.2, 0.25) is 5.15 Å². The summed E-state index contributed by atoms with van der Waals surface area (Å²) in [5, 5.41) is 13.5. The first-order chi connectivity index (χ1) is 9.67. The Balaban J connectivity index is 2.02. The van der Waals surface area contributed by atoms with Gasteiger partial charge < -0.3 is 10.4 Å². The summed E-state index contributed by atoms with van der Waals surface area (Å²) in [6.45, 7) is 3.09. The highest BCUT2D eigenvalue weighted by Crippen LogP contribution is 2.35. The molecule has 5 heteroatoms. The molecule has 2 rings (SSSR count). The van der Waals surface area contributed by atoms with E-state index in [1.54, 1.807) is 6.07 Å². The molecule has 0 atom stereocenters. The van der Waals surface area contributed by atoms with Gasteiger partial charge in [-0.1, -0.05) is 37.8 Å². The molecule has 1 aliphatic rings. The predicted molar refractivity (Wildman–Crippen MR) is 82.1 cm³/mol. The van der Waals surface area contributed by atoms with E-state index in [-0.39, 0.29) is 12.0 Å². The van der Waals surface area contributed by atoms with Gasteiger partial charge in [0.2, 0.25) is 0 Å². The normalized spacial score (nSPS) is 17.9. The number of hydrogen-bond acceptors (Lipinski definition) is 4. The summed E-state index contributed by atoms with van der Waals surface area (Å²) in [5.41, 5.74) is 0.000591. The summed E-state index contributed by atoms with van der Waals surface area (Å²) >= 11 is 6.04. The molecule has 0 unspecified atom stereocenters. The highest BCUT2D eigenvalue weighted by Gasteiger charge is 2.31. The van der Waals surface area contributed by atoms with Gasteiger partial charge in [-0.3, -0.25) is 0 Å². The molecule has 0 amide bonds. The fourth-order valence-electron chi connectivity index (χ4n) is 2.86. The van der Waals surface area contributed by atoms with Crippen LogP contribution in [0.25, 0.3) is 0 Å². The van der Waals surface area contributed by atoms with E-state index in [1.807, 2.05) is 0 Å². The van der Waals surface area contributed by atoms with Gasteiger partial charge in [0.05, 0.1) is 6.61 Å². The third kappa shape index (κ3) is 4.06. The summed E-state index contributed by atoms with van der Waals surface area (Å²) in [4.78, 5) is 8.71. The number of hydrogen-bond donors (Lipinski definition) is 2. The Morgan fingerprint density at radius 2 is 2.05 bits per heavy atom. The number of halogens is 1. The van der Waals surface area contributed by atoms with Crippen molar-refractivity contribution in [2.45, 2.75) is 51.9 Å². The molecule has 1 saturated carbocycles. The first-order valence-electron chi connectivity index (χ1n) is 7.56. The van der Waals surface area contributed by atoms with Crippen molar-refractivity contribution in [1.82, 2.24) is 9.97 Å². The minimum Gasteiger partial charge on any atom is -0.396 e. The van der Waals surface area contributed by atoms with E-state index in [0.717, 1.165) is 43.9 Å². The molecule has 1 heterocycles. The van der Waals surface area contributed by atoms with Gasteiger partial charge in [0.25, 0.3) is 0 Å². The zero-order valence-corrected chi connectivity index (χ0v) is 12.9. The quantitative estimate of drug-likeness (QED) is 0.790. The molecular weight excluding hydrogens is 274 g/mol. The second-order valence-electron chi connectivity index (χ2n) is 5.81. The Kier molecular flexibility index (Phi) is 5.61. The SMILES string of the molecule is CCCc1nc(Cl)cc(NCC2(CO)CCCCC2)n1. The van der Waals surface area contributed by atoms with Crippen molar-refractivity contribution < 1.29 is 5.11 Å². The zero-order valence-electron chi connectivity index (χ0n) is 12.2. The molecule has 1 aliphatic carbocycles. The van der Waals surface area contributed by atoms with Crippen LogP contribution in [0.15, 0.2) is 6.07 Å². The zero-order chi connectivity index (χ0) is 14.4. The number of aromatic nitrogens is 2. The summed E-state index contributed by atoms with van der Waals surface area (Å²) in [5.74, 6) is 1.55. The van der Waals surface area contributed by atoms with Gasteiger partial charge in [0, 0.05) is 24.4 Å². The van der Waals surface area contributed by atoms with Crippen LogP contribution in [0.5, 0.6) is 0 Å². The van der Waals surface area contributed by atoms with Crippen LogP contribution in [-0.2, 0) is 6.42 Å². The van der Waals surface area contributed by atoms with Crippen LogP contribution >= 0.6 is 11.6 Å².